The Labute approximate surface area is 71.1 Å². The highest BCUT2D eigenvalue weighted by Gasteiger charge is 2.07. The average molecular weight is 164 g/mol. The first-order valence-electron chi connectivity index (χ1n) is 3.45. The smallest absolute Gasteiger partial charge is 0.356 e. The molecule has 62 valence electrons. The number of nitrogen functional groups attached to an aromatic ring is 1. The maximum absolute atomic E-state index is 10.9. The Kier molecular flexibility index (Phi) is 2.33. The van der Waals surface area contributed by atoms with E-state index in [1.165, 1.54) is 13.2 Å². The molecule has 0 atom stereocenters. The third-order valence-corrected chi connectivity index (χ3v) is 1.54. The van der Waals surface area contributed by atoms with Gasteiger partial charge in [0.25, 0.3) is 0 Å². The van der Waals surface area contributed by atoms with Crippen molar-refractivity contribution in [2.24, 2.45) is 0 Å². The van der Waals surface area contributed by atoms with E-state index < -0.39 is 5.97 Å². The molecule has 0 saturated heterocycles. The Morgan fingerprint density at radius 2 is 2.42 bits per heavy atom. The van der Waals surface area contributed by atoms with Crippen LogP contribution in [0.2, 0.25) is 0 Å². The van der Waals surface area contributed by atoms with Gasteiger partial charge in [-0.05, 0) is 11.5 Å². The minimum atomic E-state index is -0.471. The summed E-state index contributed by atoms with van der Waals surface area (Å²) in [5.74, 6) is -0.471. The second-order valence-electron chi connectivity index (χ2n) is 2.42. The normalized spacial score (nSPS) is 9.42. The van der Waals surface area contributed by atoms with Crippen molar-refractivity contribution in [1.82, 2.24) is 4.98 Å². The highest BCUT2D eigenvalue weighted by Crippen LogP contribution is 2.00. The lowest BCUT2D eigenvalue weighted by molar-refractivity contribution is 0.0594. The number of carbonyl (C=O) groups excluding carboxylic acids is 1. The maximum Gasteiger partial charge on any atom is 0.356 e. The summed E-state index contributed by atoms with van der Waals surface area (Å²) in [7, 11) is 3.13. The number of anilines is 1. The molecule has 12 heavy (non-hydrogen) atoms. The summed E-state index contributed by atoms with van der Waals surface area (Å²) in [5, 5.41) is 0. The van der Waals surface area contributed by atoms with Crippen LogP contribution in [0.4, 0.5) is 5.69 Å². The number of rotatable bonds is 1. The van der Waals surface area contributed by atoms with E-state index in [0.29, 0.717) is 5.69 Å². The summed E-state index contributed by atoms with van der Waals surface area (Å²) < 4.78 is 4.47. The van der Waals surface area contributed by atoms with Crippen LogP contribution in [0, 0.1) is 0 Å². The van der Waals surface area contributed by atoms with E-state index in [0.717, 1.165) is 5.46 Å². The van der Waals surface area contributed by atoms with Crippen molar-refractivity contribution in [3.8, 4) is 0 Å². The van der Waals surface area contributed by atoms with Crippen molar-refractivity contribution in [2.75, 3.05) is 12.8 Å². The van der Waals surface area contributed by atoms with Crippen molar-refractivity contribution < 1.29 is 9.53 Å². The molecule has 0 amide bonds. The van der Waals surface area contributed by atoms with Gasteiger partial charge in [0.1, 0.15) is 13.5 Å². The molecule has 0 saturated carbocycles. The van der Waals surface area contributed by atoms with E-state index in [4.69, 9.17) is 5.73 Å². The molecule has 5 heteroatoms. The molecule has 0 aliphatic carbocycles. The Hall–Kier alpha value is -1.52. The lowest BCUT2D eigenvalue weighted by Crippen LogP contribution is -2.14. The number of ether oxygens (including phenoxy) is 1. The SMILES string of the molecule is Bc1cnc(C(=O)OC)cc1N. The molecule has 1 heterocycles. The molecule has 4 nitrogen and oxygen atoms in total. The number of pyridine rings is 1. The van der Waals surface area contributed by atoms with Crippen molar-refractivity contribution >= 4 is 25.0 Å². The van der Waals surface area contributed by atoms with Gasteiger partial charge in [-0.15, -0.1) is 0 Å². The monoisotopic (exact) mass is 164 g/mol. The van der Waals surface area contributed by atoms with Crippen LogP contribution in [0.3, 0.4) is 0 Å². The number of nitrogens with zero attached hydrogens (tertiary/aromatic N) is 1. The molecule has 0 bridgehead atoms. The minimum absolute atomic E-state index is 0.237. The van der Waals surface area contributed by atoms with Crippen molar-refractivity contribution in [2.45, 2.75) is 0 Å². The molecule has 0 unspecified atom stereocenters. The van der Waals surface area contributed by atoms with E-state index in [-0.39, 0.29) is 5.69 Å². The molecule has 0 aliphatic heterocycles. The first-order valence-corrected chi connectivity index (χ1v) is 3.45. The van der Waals surface area contributed by atoms with Gasteiger partial charge < -0.3 is 10.5 Å². The molecule has 0 fully saturated rings. The van der Waals surface area contributed by atoms with Gasteiger partial charge >= 0.3 is 5.97 Å². The number of aromatic nitrogens is 1. The number of carbonyl (C=O) groups is 1. The first kappa shape index (κ1) is 8.58. The highest BCUT2D eigenvalue weighted by atomic mass is 16.5. The van der Waals surface area contributed by atoms with Crippen molar-refractivity contribution in [3.05, 3.63) is 18.0 Å². The van der Waals surface area contributed by atoms with Gasteiger partial charge in [-0.3, -0.25) is 0 Å². The van der Waals surface area contributed by atoms with Crippen LogP contribution in [-0.2, 0) is 4.74 Å². The number of nitrogens with two attached hydrogens (primary N) is 1. The molecule has 0 radical (unpaired) electrons. The lowest BCUT2D eigenvalue weighted by atomic mass is 9.96. The van der Waals surface area contributed by atoms with Gasteiger partial charge in [0, 0.05) is 11.9 Å². The standard InChI is InChI=1S/C7H9BN2O2/c1-12-7(11)6-2-5(9)4(8)3-10-6/h2-3H,8H2,1H3,(H2,9,10). The zero-order valence-electron chi connectivity index (χ0n) is 7.00. The Bertz CT molecular complexity index is 314. The number of esters is 1. The fraction of sp³-hybridized carbons (Fsp3) is 0.143. The fourth-order valence-corrected chi connectivity index (χ4v) is 0.755. The summed E-state index contributed by atoms with van der Waals surface area (Å²) in [6, 6.07) is 1.50. The van der Waals surface area contributed by atoms with Gasteiger partial charge in [-0.2, -0.15) is 0 Å². The largest absolute Gasteiger partial charge is 0.464 e. The predicted octanol–water partition coefficient (Wildman–Crippen LogP) is -1.29. The Balaban J connectivity index is 3.05. The van der Waals surface area contributed by atoms with Crippen LogP contribution in [0.1, 0.15) is 10.5 Å². The highest BCUT2D eigenvalue weighted by molar-refractivity contribution is 6.35. The molecule has 0 aromatic carbocycles. The lowest BCUT2D eigenvalue weighted by Gasteiger charge is -2.01. The molecule has 1 rings (SSSR count). The summed E-state index contributed by atoms with van der Waals surface area (Å²) in [5.41, 5.74) is 7.20. The van der Waals surface area contributed by atoms with Crippen LogP contribution >= 0.6 is 0 Å². The van der Waals surface area contributed by atoms with E-state index in [1.54, 1.807) is 6.20 Å². The van der Waals surface area contributed by atoms with E-state index >= 15 is 0 Å². The maximum atomic E-state index is 10.9. The molecular weight excluding hydrogens is 155 g/mol. The second-order valence-corrected chi connectivity index (χ2v) is 2.42. The Morgan fingerprint density at radius 1 is 1.75 bits per heavy atom. The van der Waals surface area contributed by atoms with Crippen molar-refractivity contribution in [1.29, 1.82) is 0 Å². The third kappa shape index (κ3) is 1.55. The van der Waals surface area contributed by atoms with Crippen LogP contribution in [-0.4, -0.2) is 25.9 Å². The predicted molar refractivity (Wildman–Crippen MR) is 48.2 cm³/mol. The quantitative estimate of drug-likeness (QED) is 0.414. The van der Waals surface area contributed by atoms with E-state index in [1.807, 2.05) is 7.85 Å². The third-order valence-electron chi connectivity index (χ3n) is 1.54. The molecule has 1 aromatic heterocycles. The van der Waals surface area contributed by atoms with Gasteiger partial charge in [-0.25, -0.2) is 9.78 Å². The molecule has 0 aliphatic rings. The van der Waals surface area contributed by atoms with Crippen LogP contribution in [0.5, 0.6) is 0 Å². The Morgan fingerprint density at radius 3 is 2.92 bits per heavy atom. The molecule has 2 N–H and O–H groups in total. The second kappa shape index (κ2) is 3.25. The summed E-state index contributed by atoms with van der Waals surface area (Å²) >= 11 is 0. The zero-order chi connectivity index (χ0) is 9.14. The van der Waals surface area contributed by atoms with Crippen molar-refractivity contribution in [3.63, 3.8) is 0 Å². The van der Waals surface area contributed by atoms with Gasteiger partial charge in [0.2, 0.25) is 0 Å². The number of hydrogen-bond acceptors (Lipinski definition) is 4. The van der Waals surface area contributed by atoms with Crippen LogP contribution < -0.4 is 11.2 Å². The number of methoxy groups -OCH3 is 1. The summed E-state index contributed by atoms with van der Waals surface area (Å²) in [6.45, 7) is 0. The summed E-state index contributed by atoms with van der Waals surface area (Å²) in [4.78, 5) is 14.8. The molecular formula is C7H9BN2O2. The number of hydrogen-bond donors (Lipinski definition) is 1. The zero-order valence-corrected chi connectivity index (χ0v) is 7.00. The summed E-state index contributed by atoms with van der Waals surface area (Å²) in [6.07, 6.45) is 1.54. The van der Waals surface area contributed by atoms with E-state index in [9.17, 15) is 4.79 Å². The molecule has 1 aromatic rings. The first-order chi connectivity index (χ1) is 5.65. The molecule has 0 spiro atoms. The van der Waals surface area contributed by atoms with Gasteiger partial charge in [-0.1, -0.05) is 0 Å². The fourth-order valence-electron chi connectivity index (χ4n) is 0.755. The average Bonchev–Trinajstić information content (AvgIpc) is 2.08. The van der Waals surface area contributed by atoms with Crippen LogP contribution in [0.15, 0.2) is 12.3 Å². The van der Waals surface area contributed by atoms with E-state index in [2.05, 4.69) is 9.72 Å². The topological polar surface area (TPSA) is 65.2 Å². The van der Waals surface area contributed by atoms with Gasteiger partial charge in [0.05, 0.1) is 7.11 Å². The van der Waals surface area contributed by atoms with Gasteiger partial charge in [0.15, 0.2) is 0 Å². The minimum Gasteiger partial charge on any atom is -0.464 e. The van der Waals surface area contributed by atoms with Crippen LogP contribution in [0.25, 0.3) is 0 Å².